The highest BCUT2D eigenvalue weighted by molar-refractivity contribution is 6.19. The fourth-order valence-electron chi connectivity index (χ4n) is 1.58. The van der Waals surface area contributed by atoms with Gasteiger partial charge in [0.2, 0.25) is 0 Å². The molecule has 0 unspecified atom stereocenters. The number of phenolic OH excluding ortho intramolecular Hbond substituents is 1. The van der Waals surface area contributed by atoms with Crippen LogP contribution < -0.4 is 4.74 Å². The maximum atomic E-state index is 13.6. The van der Waals surface area contributed by atoms with Crippen LogP contribution in [0.15, 0.2) is 42.5 Å². The number of alkyl halides is 1. The second kappa shape index (κ2) is 6.83. The highest BCUT2D eigenvalue weighted by atomic mass is 35.5. The molecular formula is C16H12ClFO2. The Morgan fingerprint density at radius 1 is 1.15 bits per heavy atom. The second-order valence-corrected chi connectivity index (χ2v) is 4.30. The number of benzene rings is 2. The third-order valence-corrected chi connectivity index (χ3v) is 2.70. The van der Waals surface area contributed by atoms with E-state index in [1.54, 1.807) is 30.3 Å². The average Bonchev–Trinajstić information content (AvgIpc) is 2.46. The first-order valence-corrected chi connectivity index (χ1v) is 6.47. The van der Waals surface area contributed by atoms with Crippen molar-refractivity contribution < 1.29 is 14.2 Å². The molecule has 0 bridgehead atoms. The SMILES string of the molecule is Oc1ccc(COc2cc(C#CCCl)ccc2F)cc1. The number of hydrogen-bond donors (Lipinski definition) is 1. The summed E-state index contributed by atoms with van der Waals surface area (Å²) in [4.78, 5) is 0. The largest absolute Gasteiger partial charge is 0.508 e. The van der Waals surface area contributed by atoms with Gasteiger partial charge in [-0.05, 0) is 35.9 Å². The first-order valence-electron chi connectivity index (χ1n) is 5.94. The van der Waals surface area contributed by atoms with Crippen LogP contribution in [0, 0.1) is 17.7 Å². The van der Waals surface area contributed by atoms with Gasteiger partial charge in [0.05, 0.1) is 5.88 Å². The molecule has 0 radical (unpaired) electrons. The Bertz CT molecular complexity index is 642. The molecule has 0 saturated heterocycles. The smallest absolute Gasteiger partial charge is 0.165 e. The Morgan fingerprint density at radius 3 is 2.60 bits per heavy atom. The molecule has 2 aromatic rings. The molecule has 4 heteroatoms. The summed E-state index contributed by atoms with van der Waals surface area (Å²) in [6, 6.07) is 11.0. The Balaban J connectivity index is 2.10. The van der Waals surface area contributed by atoms with Crippen LogP contribution in [0.5, 0.6) is 11.5 Å². The third-order valence-electron chi connectivity index (χ3n) is 2.56. The van der Waals surface area contributed by atoms with E-state index in [4.69, 9.17) is 16.3 Å². The van der Waals surface area contributed by atoms with Crippen LogP contribution in [-0.4, -0.2) is 11.0 Å². The van der Waals surface area contributed by atoms with Gasteiger partial charge in [-0.25, -0.2) is 4.39 Å². The lowest BCUT2D eigenvalue weighted by Crippen LogP contribution is -1.97. The van der Waals surface area contributed by atoms with E-state index in [0.717, 1.165) is 5.56 Å². The summed E-state index contributed by atoms with van der Waals surface area (Å²) in [5.41, 5.74) is 1.48. The van der Waals surface area contributed by atoms with Gasteiger partial charge in [0.1, 0.15) is 12.4 Å². The van der Waals surface area contributed by atoms with E-state index in [0.29, 0.717) is 5.56 Å². The lowest BCUT2D eigenvalue weighted by molar-refractivity contribution is 0.290. The molecule has 2 nitrogen and oxygen atoms in total. The maximum Gasteiger partial charge on any atom is 0.165 e. The number of ether oxygens (including phenoxy) is 1. The Morgan fingerprint density at radius 2 is 1.90 bits per heavy atom. The normalized spacial score (nSPS) is 9.70. The average molecular weight is 291 g/mol. The molecule has 0 aliphatic carbocycles. The Kier molecular flexibility index (Phi) is 4.86. The van der Waals surface area contributed by atoms with Crippen molar-refractivity contribution in [3.05, 3.63) is 59.4 Å². The van der Waals surface area contributed by atoms with Crippen molar-refractivity contribution in [3.8, 4) is 23.3 Å². The van der Waals surface area contributed by atoms with E-state index in [1.807, 2.05) is 0 Å². The van der Waals surface area contributed by atoms with E-state index in [2.05, 4.69) is 11.8 Å². The first kappa shape index (κ1) is 14.2. The van der Waals surface area contributed by atoms with Crippen molar-refractivity contribution in [1.29, 1.82) is 0 Å². The molecule has 0 fully saturated rings. The second-order valence-electron chi connectivity index (χ2n) is 4.04. The summed E-state index contributed by atoms with van der Waals surface area (Å²) in [5.74, 6) is 5.60. The van der Waals surface area contributed by atoms with E-state index < -0.39 is 5.82 Å². The summed E-state index contributed by atoms with van der Waals surface area (Å²) in [5, 5.41) is 9.18. The van der Waals surface area contributed by atoms with Gasteiger partial charge in [-0.15, -0.1) is 11.6 Å². The molecule has 0 aliphatic rings. The van der Waals surface area contributed by atoms with Crippen LogP contribution in [0.1, 0.15) is 11.1 Å². The lowest BCUT2D eigenvalue weighted by Gasteiger charge is -2.08. The van der Waals surface area contributed by atoms with Gasteiger partial charge < -0.3 is 9.84 Å². The van der Waals surface area contributed by atoms with Gasteiger partial charge in [-0.1, -0.05) is 24.0 Å². The van der Waals surface area contributed by atoms with Gasteiger partial charge in [0.25, 0.3) is 0 Å². The molecule has 20 heavy (non-hydrogen) atoms. The van der Waals surface area contributed by atoms with Crippen LogP contribution in [-0.2, 0) is 6.61 Å². The summed E-state index contributed by atoms with van der Waals surface area (Å²) in [6.07, 6.45) is 0. The predicted octanol–water partition coefficient (Wildman–Crippen LogP) is 3.70. The molecule has 0 spiro atoms. The monoisotopic (exact) mass is 290 g/mol. The molecule has 0 atom stereocenters. The molecular weight excluding hydrogens is 279 g/mol. The zero-order valence-corrected chi connectivity index (χ0v) is 11.3. The van der Waals surface area contributed by atoms with Gasteiger partial charge in [0.15, 0.2) is 11.6 Å². The number of rotatable bonds is 3. The summed E-state index contributed by atoms with van der Waals surface area (Å²) in [7, 11) is 0. The molecule has 102 valence electrons. The fourth-order valence-corrected chi connectivity index (χ4v) is 1.65. The molecule has 0 aliphatic heterocycles. The molecule has 0 aromatic heterocycles. The standard InChI is InChI=1S/C16H12ClFO2/c17-9-1-2-12-5-8-15(18)16(10-12)20-11-13-3-6-14(19)7-4-13/h3-8,10,19H,9,11H2. The summed E-state index contributed by atoms with van der Waals surface area (Å²) >= 11 is 5.48. The van der Waals surface area contributed by atoms with Crippen LogP contribution >= 0.6 is 11.6 Å². The Hall–Kier alpha value is -2.18. The highest BCUT2D eigenvalue weighted by Crippen LogP contribution is 2.20. The molecule has 0 amide bonds. The van der Waals surface area contributed by atoms with Crippen molar-refractivity contribution in [1.82, 2.24) is 0 Å². The van der Waals surface area contributed by atoms with E-state index >= 15 is 0 Å². The van der Waals surface area contributed by atoms with Gasteiger partial charge >= 0.3 is 0 Å². The zero-order valence-electron chi connectivity index (χ0n) is 10.6. The zero-order chi connectivity index (χ0) is 14.4. The first-order chi connectivity index (χ1) is 9.69. The summed E-state index contributed by atoms with van der Waals surface area (Å²) < 4.78 is 19.0. The Labute approximate surface area is 121 Å². The summed E-state index contributed by atoms with van der Waals surface area (Å²) in [6.45, 7) is 0.212. The van der Waals surface area contributed by atoms with Crippen LogP contribution in [0.3, 0.4) is 0 Å². The molecule has 0 saturated carbocycles. The maximum absolute atomic E-state index is 13.6. The van der Waals surface area contributed by atoms with E-state index in [9.17, 15) is 9.50 Å². The minimum Gasteiger partial charge on any atom is -0.508 e. The lowest BCUT2D eigenvalue weighted by atomic mass is 10.2. The molecule has 2 aromatic carbocycles. The molecule has 0 heterocycles. The highest BCUT2D eigenvalue weighted by Gasteiger charge is 2.04. The van der Waals surface area contributed by atoms with Crippen LogP contribution in [0.2, 0.25) is 0 Å². The quantitative estimate of drug-likeness (QED) is 0.690. The van der Waals surface area contributed by atoms with E-state index in [-0.39, 0.29) is 24.0 Å². The number of phenols is 1. The molecule has 1 N–H and O–H groups in total. The predicted molar refractivity (Wildman–Crippen MR) is 76.4 cm³/mol. The molecule has 2 rings (SSSR count). The van der Waals surface area contributed by atoms with Gasteiger partial charge in [-0.2, -0.15) is 0 Å². The van der Waals surface area contributed by atoms with Crippen LogP contribution in [0.25, 0.3) is 0 Å². The number of aromatic hydroxyl groups is 1. The van der Waals surface area contributed by atoms with Crippen molar-refractivity contribution in [2.24, 2.45) is 0 Å². The van der Waals surface area contributed by atoms with Gasteiger partial charge in [0, 0.05) is 5.56 Å². The van der Waals surface area contributed by atoms with Crippen LogP contribution in [0.4, 0.5) is 4.39 Å². The van der Waals surface area contributed by atoms with Crippen molar-refractivity contribution in [2.75, 3.05) is 5.88 Å². The fraction of sp³-hybridized carbons (Fsp3) is 0.125. The number of hydrogen-bond acceptors (Lipinski definition) is 2. The minimum atomic E-state index is -0.444. The third kappa shape index (κ3) is 3.91. The van der Waals surface area contributed by atoms with Crippen molar-refractivity contribution >= 4 is 11.6 Å². The van der Waals surface area contributed by atoms with Crippen molar-refractivity contribution in [3.63, 3.8) is 0 Å². The van der Waals surface area contributed by atoms with Gasteiger partial charge in [-0.3, -0.25) is 0 Å². The topological polar surface area (TPSA) is 29.5 Å². The van der Waals surface area contributed by atoms with Crippen molar-refractivity contribution in [2.45, 2.75) is 6.61 Å². The number of halogens is 2. The van der Waals surface area contributed by atoms with E-state index in [1.165, 1.54) is 12.1 Å². The minimum absolute atomic E-state index is 0.138.